The fraction of sp³-hybridized carbons (Fsp3) is 0.222. The van der Waals surface area contributed by atoms with Crippen molar-refractivity contribution in [2.75, 3.05) is 5.32 Å². The number of ether oxygens (including phenoxy) is 1. The zero-order valence-electron chi connectivity index (χ0n) is 13.7. The molecule has 0 radical (unpaired) electrons. The van der Waals surface area contributed by atoms with Gasteiger partial charge in [0.25, 0.3) is 0 Å². The molecule has 0 saturated heterocycles. The summed E-state index contributed by atoms with van der Waals surface area (Å²) in [4.78, 5) is 39.8. The molecule has 2 rings (SSSR count). The summed E-state index contributed by atoms with van der Waals surface area (Å²) in [7, 11) is 0. The van der Waals surface area contributed by atoms with Gasteiger partial charge in [-0.1, -0.05) is 0 Å². The van der Waals surface area contributed by atoms with Crippen LogP contribution in [0.1, 0.15) is 41.5 Å². The van der Waals surface area contributed by atoms with Crippen LogP contribution in [0.3, 0.4) is 0 Å². The lowest BCUT2D eigenvalue weighted by Gasteiger charge is -2.19. The van der Waals surface area contributed by atoms with Crippen molar-refractivity contribution < 1.29 is 19.1 Å². The van der Waals surface area contributed by atoms with Gasteiger partial charge < -0.3 is 4.74 Å². The maximum atomic E-state index is 12.2. The van der Waals surface area contributed by atoms with E-state index in [1.807, 2.05) is 0 Å². The fourth-order valence-electron chi connectivity index (χ4n) is 1.89. The molecule has 1 amide bonds. The van der Waals surface area contributed by atoms with E-state index in [-0.39, 0.29) is 11.1 Å². The number of amides is 1. The first kappa shape index (κ1) is 17.3. The summed E-state index contributed by atoms with van der Waals surface area (Å²) in [5.41, 5.74) is 0.395. The minimum atomic E-state index is -0.620. The number of rotatable bonds is 4. The van der Waals surface area contributed by atoms with Gasteiger partial charge in [0.2, 0.25) is 11.6 Å². The molecule has 2 aromatic rings. The number of ketones is 2. The van der Waals surface area contributed by atoms with E-state index in [0.29, 0.717) is 5.69 Å². The van der Waals surface area contributed by atoms with Gasteiger partial charge >= 0.3 is 6.09 Å². The predicted octanol–water partition coefficient (Wildman–Crippen LogP) is 3.49. The highest BCUT2D eigenvalue weighted by Crippen LogP contribution is 2.14. The predicted molar refractivity (Wildman–Crippen MR) is 89.2 cm³/mol. The van der Waals surface area contributed by atoms with Crippen LogP contribution in [0.25, 0.3) is 0 Å². The van der Waals surface area contributed by atoms with E-state index in [1.165, 1.54) is 48.8 Å². The van der Waals surface area contributed by atoms with Crippen LogP contribution >= 0.6 is 0 Å². The number of anilines is 1. The average Bonchev–Trinajstić information content (AvgIpc) is 2.53. The van der Waals surface area contributed by atoms with Gasteiger partial charge in [-0.05, 0) is 57.2 Å². The molecule has 0 aliphatic heterocycles. The number of nitrogens with one attached hydrogen (secondary N) is 1. The highest BCUT2D eigenvalue weighted by molar-refractivity contribution is 6.49. The van der Waals surface area contributed by atoms with Crippen molar-refractivity contribution in [3.63, 3.8) is 0 Å². The van der Waals surface area contributed by atoms with Crippen molar-refractivity contribution in [2.24, 2.45) is 0 Å². The Morgan fingerprint density at radius 3 is 1.88 bits per heavy atom. The number of nitrogens with zero attached hydrogens (tertiary/aromatic N) is 1. The summed E-state index contributed by atoms with van der Waals surface area (Å²) in [6.45, 7) is 5.29. The third-order valence-electron chi connectivity index (χ3n) is 2.94. The van der Waals surface area contributed by atoms with Crippen molar-refractivity contribution in [3.8, 4) is 0 Å². The molecule has 24 heavy (non-hydrogen) atoms. The molecule has 1 aromatic carbocycles. The second-order valence-electron chi connectivity index (χ2n) is 6.10. The standard InChI is InChI=1S/C18H18N2O4/c1-18(2,3)24-17(23)20-14-6-4-12(5-7-14)15(21)16(22)13-8-10-19-11-9-13/h4-11H,1-3H3,(H,20,23). The smallest absolute Gasteiger partial charge is 0.412 e. The summed E-state index contributed by atoms with van der Waals surface area (Å²) >= 11 is 0. The van der Waals surface area contributed by atoms with Crippen LogP contribution in [0.2, 0.25) is 0 Å². The van der Waals surface area contributed by atoms with E-state index in [0.717, 1.165) is 0 Å². The maximum Gasteiger partial charge on any atom is 0.412 e. The van der Waals surface area contributed by atoms with E-state index in [1.54, 1.807) is 20.8 Å². The van der Waals surface area contributed by atoms with E-state index in [9.17, 15) is 14.4 Å². The molecule has 0 aliphatic carbocycles. The number of pyridine rings is 1. The molecule has 1 N–H and O–H groups in total. The topological polar surface area (TPSA) is 85.4 Å². The Labute approximate surface area is 139 Å². The number of aromatic nitrogens is 1. The molecular weight excluding hydrogens is 308 g/mol. The van der Waals surface area contributed by atoms with Crippen LogP contribution in [0.4, 0.5) is 10.5 Å². The van der Waals surface area contributed by atoms with Gasteiger partial charge in [-0.25, -0.2) is 4.79 Å². The molecule has 0 atom stereocenters. The zero-order chi connectivity index (χ0) is 17.7. The molecule has 0 saturated carbocycles. The number of carbonyl (C=O) groups is 3. The van der Waals surface area contributed by atoms with Gasteiger partial charge in [-0.3, -0.25) is 19.9 Å². The van der Waals surface area contributed by atoms with Crippen LogP contribution in [-0.2, 0) is 4.74 Å². The number of hydrogen-bond acceptors (Lipinski definition) is 5. The quantitative estimate of drug-likeness (QED) is 0.686. The van der Waals surface area contributed by atoms with Gasteiger partial charge in [-0.2, -0.15) is 0 Å². The highest BCUT2D eigenvalue weighted by Gasteiger charge is 2.19. The summed E-state index contributed by atoms with van der Waals surface area (Å²) in [5.74, 6) is -1.23. The van der Waals surface area contributed by atoms with Crippen LogP contribution in [0, 0.1) is 0 Å². The van der Waals surface area contributed by atoms with Gasteiger partial charge in [0.1, 0.15) is 5.60 Å². The lowest BCUT2D eigenvalue weighted by molar-refractivity contribution is 0.0635. The van der Waals surface area contributed by atoms with Crippen molar-refractivity contribution in [1.82, 2.24) is 4.98 Å². The van der Waals surface area contributed by atoms with Crippen LogP contribution in [0.15, 0.2) is 48.8 Å². The summed E-state index contributed by atoms with van der Waals surface area (Å²) in [6.07, 6.45) is 2.32. The Morgan fingerprint density at radius 1 is 0.875 bits per heavy atom. The number of hydrogen-bond donors (Lipinski definition) is 1. The maximum absolute atomic E-state index is 12.2. The third kappa shape index (κ3) is 4.74. The SMILES string of the molecule is CC(C)(C)OC(=O)Nc1ccc(C(=O)C(=O)c2ccncc2)cc1. The summed E-state index contributed by atoms with van der Waals surface area (Å²) in [6, 6.07) is 9.01. The molecule has 1 heterocycles. The molecule has 0 unspecified atom stereocenters. The average molecular weight is 326 g/mol. The zero-order valence-corrected chi connectivity index (χ0v) is 13.7. The molecule has 0 bridgehead atoms. The lowest BCUT2D eigenvalue weighted by Crippen LogP contribution is -2.27. The first-order valence-corrected chi connectivity index (χ1v) is 7.35. The minimum Gasteiger partial charge on any atom is -0.444 e. The number of benzene rings is 1. The van der Waals surface area contributed by atoms with Crippen molar-refractivity contribution in [3.05, 3.63) is 59.9 Å². The van der Waals surface area contributed by atoms with Gasteiger partial charge in [0.15, 0.2) is 0 Å². The molecule has 0 fully saturated rings. The van der Waals surface area contributed by atoms with Crippen molar-refractivity contribution >= 4 is 23.3 Å². The van der Waals surface area contributed by atoms with E-state index in [4.69, 9.17) is 4.74 Å². The highest BCUT2D eigenvalue weighted by atomic mass is 16.6. The van der Waals surface area contributed by atoms with Crippen molar-refractivity contribution in [1.29, 1.82) is 0 Å². The van der Waals surface area contributed by atoms with Crippen LogP contribution < -0.4 is 5.32 Å². The molecule has 0 aliphatic rings. The molecule has 124 valence electrons. The Kier molecular flexibility index (Phi) is 5.08. The Bertz CT molecular complexity index is 747. The Hall–Kier alpha value is -3.02. The molecule has 6 heteroatoms. The van der Waals surface area contributed by atoms with Gasteiger partial charge in [-0.15, -0.1) is 0 Å². The minimum absolute atomic E-state index is 0.242. The first-order valence-electron chi connectivity index (χ1n) is 7.35. The molecule has 6 nitrogen and oxygen atoms in total. The largest absolute Gasteiger partial charge is 0.444 e. The third-order valence-corrected chi connectivity index (χ3v) is 2.94. The molecular formula is C18H18N2O4. The monoisotopic (exact) mass is 326 g/mol. The summed E-state index contributed by atoms with van der Waals surface area (Å²) in [5, 5.41) is 2.56. The second-order valence-corrected chi connectivity index (χ2v) is 6.10. The van der Waals surface area contributed by atoms with Crippen LogP contribution in [-0.4, -0.2) is 28.2 Å². The lowest BCUT2D eigenvalue weighted by atomic mass is 10.0. The van der Waals surface area contributed by atoms with E-state index in [2.05, 4.69) is 10.3 Å². The number of carbonyl (C=O) groups excluding carboxylic acids is 3. The van der Waals surface area contributed by atoms with E-state index >= 15 is 0 Å². The van der Waals surface area contributed by atoms with Gasteiger partial charge in [0, 0.05) is 29.2 Å². The fourth-order valence-corrected chi connectivity index (χ4v) is 1.89. The number of Topliss-reactive ketones (excluding diaryl/α,β-unsaturated/α-hetero) is 2. The van der Waals surface area contributed by atoms with E-state index < -0.39 is 23.3 Å². The Balaban J connectivity index is 2.05. The molecule has 1 aromatic heterocycles. The van der Waals surface area contributed by atoms with Gasteiger partial charge in [0.05, 0.1) is 0 Å². The Morgan fingerprint density at radius 2 is 1.38 bits per heavy atom. The molecule has 0 spiro atoms. The normalized spacial score (nSPS) is 10.8. The first-order chi connectivity index (χ1) is 11.3. The summed E-state index contributed by atoms with van der Waals surface area (Å²) < 4.78 is 5.14. The van der Waals surface area contributed by atoms with Crippen molar-refractivity contribution in [2.45, 2.75) is 26.4 Å². The second kappa shape index (κ2) is 7.04. The van der Waals surface area contributed by atoms with Crippen LogP contribution in [0.5, 0.6) is 0 Å².